The first kappa shape index (κ1) is 13.4. The van der Waals surface area contributed by atoms with Gasteiger partial charge in [0.2, 0.25) is 0 Å². The van der Waals surface area contributed by atoms with Crippen molar-refractivity contribution in [1.29, 1.82) is 0 Å². The Labute approximate surface area is 93.8 Å². The van der Waals surface area contributed by atoms with E-state index in [-0.39, 0.29) is 6.07 Å². The van der Waals surface area contributed by atoms with Crippen LogP contribution in [-0.4, -0.2) is 30.7 Å². The molecule has 0 aromatic carbocycles. The van der Waals surface area contributed by atoms with Gasteiger partial charge in [-0.3, -0.25) is 0 Å². The lowest BCUT2D eigenvalue weighted by Crippen LogP contribution is -2.14. The number of hydrogen-bond donors (Lipinski definition) is 1. The van der Waals surface area contributed by atoms with E-state index in [2.05, 4.69) is 4.98 Å². The van der Waals surface area contributed by atoms with Crippen LogP contribution in [-0.2, 0) is 16.0 Å². The number of pyridine rings is 1. The third-order valence-electron chi connectivity index (χ3n) is 1.72. The molecule has 9 heteroatoms. The number of carboxylic acid groups (broad SMARTS) is 1. The van der Waals surface area contributed by atoms with Crippen LogP contribution in [0.1, 0.15) is 16.1 Å². The summed E-state index contributed by atoms with van der Waals surface area (Å²) in [5.41, 5.74) is -2.34. The third-order valence-corrected chi connectivity index (χ3v) is 2.69. The largest absolute Gasteiger partial charge is 0.478 e. The molecule has 1 N–H and O–H groups in total. The van der Waals surface area contributed by atoms with Crippen LogP contribution in [0.25, 0.3) is 0 Å². The monoisotopic (exact) mass is 269 g/mol. The number of nitrogens with zero attached hydrogens (tertiary/aromatic N) is 1. The maximum absolute atomic E-state index is 12.3. The molecule has 94 valence electrons. The molecule has 0 amide bonds. The summed E-state index contributed by atoms with van der Waals surface area (Å²) in [6.45, 7) is 0. The number of aromatic nitrogens is 1. The van der Waals surface area contributed by atoms with Crippen molar-refractivity contribution in [3.63, 3.8) is 0 Å². The van der Waals surface area contributed by atoms with Gasteiger partial charge >= 0.3 is 12.1 Å². The molecule has 0 aliphatic rings. The molecule has 1 heterocycles. The van der Waals surface area contributed by atoms with Crippen molar-refractivity contribution in [2.75, 3.05) is 6.26 Å². The number of aromatic carboxylic acids is 1. The van der Waals surface area contributed by atoms with E-state index in [0.717, 1.165) is 0 Å². The Kier molecular flexibility index (Phi) is 3.15. The zero-order valence-corrected chi connectivity index (χ0v) is 9.13. The van der Waals surface area contributed by atoms with E-state index in [9.17, 15) is 26.4 Å². The molecule has 0 aliphatic heterocycles. The number of hydrogen-bond acceptors (Lipinski definition) is 4. The fourth-order valence-corrected chi connectivity index (χ4v) is 1.57. The molecule has 0 bridgehead atoms. The second-order valence-corrected chi connectivity index (χ2v) is 5.12. The summed E-state index contributed by atoms with van der Waals surface area (Å²) in [6, 6.07) is 0.851. The van der Waals surface area contributed by atoms with Crippen LogP contribution in [0.15, 0.2) is 17.2 Å². The average molecular weight is 269 g/mol. The number of sulfone groups is 1. The van der Waals surface area contributed by atoms with Gasteiger partial charge in [-0.15, -0.1) is 0 Å². The first-order valence-electron chi connectivity index (χ1n) is 4.04. The van der Waals surface area contributed by atoms with E-state index in [0.29, 0.717) is 12.3 Å². The van der Waals surface area contributed by atoms with Gasteiger partial charge in [-0.2, -0.15) is 13.2 Å². The Hall–Kier alpha value is -1.64. The van der Waals surface area contributed by atoms with Gasteiger partial charge in [-0.05, 0) is 12.1 Å². The second-order valence-electron chi connectivity index (χ2n) is 3.15. The normalized spacial score (nSPS) is 12.5. The molecule has 0 aliphatic carbocycles. The third kappa shape index (κ3) is 3.16. The predicted molar refractivity (Wildman–Crippen MR) is 49.3 cm³/mol. The topological polar surface area (TPSA) is 84.3 Å². The number of rotatable bonds is 2. The number of alkyl halides is 3. The van der Waals surface area contributed by atoms with E-state index in [1.807, 2.05) is 0 Å². The number of carboxylic acids is 1. The maximum atomic E-state index is 12.3. The number of halogens is 3. The van der Waals surface area contributed by atoms with Crippen LogP contribution in [0.2, 0.25) is 0 Å². The molecule has 17 heavy (non-hydrogen) atoms. The van der Waals surface area contributed by atoms with Crippen LogP contribution in [0.4, 0.5) is 13.2 Å². The lowest BCUT2D eigenvalue weighted by molar-refractivity contribution is -0.141. The summed E-state index contributed by atoms with van der Waals surface area (Å²) >= 11 is 0. The van der Waals surface area contributed by atoms with Gasteiger partial charge in [0.15, 0.2) is 14.9 Å². The van der Waals surface area contributed by atoms with Gasteiger partial charge in [0.05, 0.1) is 5.56 Å². The zero-order chi connectivity index (χ0) is 13.4. The molecule has 0 spiro atoms. The zero-order valence-electron chi connectivity index (χ0n) is 8.32. The maximum Gasteiger partial charge on any atom is 0.433 e. The van der Waals surface area contributed by atoms with Crippen LogP contribution < -0.4 is 0 Å². The van der Waals surface area contributed by atoms with E-state index in [1.54, 1.807) is 0 Å². The Morgan fingerprint density at radius 1 is 1.35 bits per heavy atom. The quantitative estimate of drug-likeness (QED) is 0.872. The Morgan fingerprint density at radius 3 is 2.24 bits per heavy atom. The molecule has 1 aromatic heterocycles. The summed E-state index contributed by atoms with van der Waals surface area (Å²) < 4.78 is 59.2. The van der Waals surface area contributed by atoms with Crippen molar-refractivity contribution in [2.24, 2.45) is 0 Å². The predicted octanol–water partition coefficient (Wildman–Crippen LogP) is 1.20. The van der Waals surface area contributed by atoms with Crippen LogP contribution in [0.3, 0.4) is 0 Å². The van der Waals surface area contributed by atoms with Crippen molar-refractivity contribution in [2.45, 2.75) is 11.2 Å². The van der Waals surface area contributed by atoms with Gasteiger partial charge in [0.25, 0.3) is 0 Å². The van der Waals surface area contributed by atoms with E-state index in [1.165, 1.54) is 0 Å². The van der Waals surface area contributed by atoms with E-state index < -0.39 is 38.3 Å². The molecule has 0 radical (unpaired) electrons. The lowest BCUT2D eigenvalue weighted by Gasteiger charge is -2.08. The molecule has 1 aromatic rings. The summed E-state index contributed by atoms with van der Waals surface area (Å²) in [7, 11) is -4.02. The van der Waals surface area contributed by atoms with Gasteiger partial charge in [-0.25, -0.2) is 18.2 Å². The van der Waals surface area contributed by atoms with Crippen molar-refractivity contribution in [3.05, 3.63) is 23.4 Å². The van der Waals surface area contributed by atoms with Crippen molar-refractivity contribution >= 4 is 15.8 Å². The Balaban J connectivity index is 3.56. The smallest absolute Gasteiger partial charge is 0.433 e. The summed E-state index contributed by atoms with van der Waals surface area (Å²) in [5.74, 6) is -1.66. The second kappa shape index (κ2) is 3.99. The lowest BCUT2D eigenvalue weighted by atomic mass is 10.2. The van der Waals surface area contributed by atoms with Gasteiger partial charge < -0.3 is 5.11 Å². The first-order chi connectivity index (χ1) is 7.51. The molecule has 0 saturated heterocycles. The highest BCUT2D eigenvalue weighted by Crippen LogP contribution is 2.29. The van der Waals surface area contributed by atoms with Crippen LogP contribution in [0, 0.1) is 0 Å². The van der Waals surface area contributed by atoms with Gasteiger partial charge in [0, 0.05) is 6.26 Å². The fourth-order valence-electron chi connectivity index (χ4n) is 0.964. The first-order valence-corrected chi connectivity index (χ1v) is 5.93. The van der Waals surface area contributed by atoms with Crippen LogP contribution >= 0.6 is 0 Å². The van der Waals surface area contributed by atoms with Crippen molar-refractivity contribution in [1.82, 2.24) is 4.98 Å². The minimum absolute atomic E-state index is 0.275. The molecular formula is C8H6F3NO4S. The highest BCUT2D eigenvalue weighted by atomic mass is 32.2. The highest BCUT2D eigenvalue weighted by Gasteiger charge is 2.34. The highest BCUT2D eigenvalue weighted by molar-refractivity contribution is 7.90. The standard InChI is InChI=1S/C8H6F3NO4S/c1-17(15,16)6-3-4(7(13)14)2-5(12-6)8(9,10)11/h2-3H,1H3,(H,13,14). The number of carbonyl (C=O) groups is 1. The summed E-state index contributed by atoms with van der Waals surface area (Å²) in [6.07, 6.45) is -4.27. The molecule has 0 atom stereocenters. The SMILES string of the molecule is CS(=O)(=O)c1cc(C(=O)O)cc(C(F)(F)F)n1. The molecule has 5 nitrogen and oxygen atoms in total. The Morgan fingerprint density at radius 2 is 1.88 bits per heavy atom. The Bertz CT molecular complexity index is 565. The minimum Gasteiger partial charge on any atom is -0.478 e. The van der Waals surface area contributed by atoms with E-state index >= 15 is 0 Å². The van der Waals surface area contributed by atoms with Crippen molar-refractivity contribution in [3.8, 4) is 0 Å². The van der Waals surface area contributed by atoms with Crippen LogP contribution in [0.5, 0.6) is 0 Å². The van der Waals surface area contributed by atoms with Gasteiger partial charge in [-0.1, -0.05) is 0 Å². The molecule has 1 rings (SSSR count). The molecule has 0 saturated carbocycles. The fraction of sp³-hybridized carbons (Fsp3) is 0.250. The summed E-state index contributed by atoms with van der Waals surface area (Å²) in [5, 5.41) is 7.65. The molecule has 0 unspecified atom stereocenters. The average Bonchev–Trinajstić information content (AvgIpc) is 2.14. The molecule has 0 fully saturated rings. The molecular weight excluding hydrogens is 263 g/mol. The summed E-state index contributed by atoms with van der Waals surface area (Å²) in [4.78, 5) is 13.5. The van der Waals surface area contributed by atoms with Gasteiger partial charge in [0.1, 0.15) is 5.69 Å². The minimum atomic E-state index is -4.91. The van der Waals surface area contributed by atoms with Crippen molar-refractivity contribution < 1.29 is 31.5 Å². The van der Waals surface area contributed by atoms with E-state index in [4.69, 9.17) is 5.11 Å².